The van der Waals surface area contributed by atoms with Gasteiger partial charge in [-0.3, -0.25) is 9.79 Å². The van der Waals surface area contributed by atoms with Crippen molar-refractivity contribution in [1.82, 2.24) is 16.0 Å². The van der Waals surface area contributed by atoms with Gasteiger partial charge in [-0.2, -0.15) is 0 Å². The van der Waals surface area contributed by atoms with Gasteiger partial charge < -0.3 is 16.0 Å². The highest BCUT2D eigenvalue weighted by Crippen LogP contribution is 1.98. The predicted octanol–water partition coefficient (Wildman–Crippen LogP) is 2.44. The Morgan fingerprint density at radius 2 is 1.40 bits per heavy atom. The molecule has 0 aliphatic heterocycles. The monoisotopic (exact) mass is 452 g/mol. The van der Waals surface area contributed by atoms with Crippen LogP contribution in [0, 0.1) is 0 Å². The van der Waals surface area contributed by atoms with Crippen LogP contribution in [0.1, 0.15) is 15.9 Å². The third kappa shape index (κ3) is 8.02. The highest BCUT2D eigenvalue weighted by atomic mass is 127. The van der Waals surface area contributed by atoms with E-state index in [-0.39, 0.29) is 29.9 Å². The molecule has 3 N–H and O–H groups in total. The van der Waals surface area contributed by atoms with Crippen molar-refractivity contribution >= 4 is 35.8 Å². The fourth-order valence-corrected chi connectivity index (χ4v) is 2.24. The van der Waals surface area contributed by atoms with E-state index in [2.05, 4.69) is 33.1 Å². The van der Waals surface area contributed by atoms with Crippen LogP contribution in [0.15, 0.2) is 65.7 Å². The lowest BCUT2D eigenvalue weighted by atomic mass is 10.1. The number of rotatable bonds is 7. The topological polar surface area (TPSA) is 65.5 Å². The van der Waals surface area contributed by atoms with Gasteiger partial charge in [0.15, 0.2) is 5.96 Å². The summed E-state index contributed by atoms with van der Waals surface area (Å²) in [7, 11) is 1.74. The maximum atomic E-state index is 11.9. The average molecular weight is 452 g/mol. The van der Waals surface area contributed by atoms with Crippen LogP contribution in [0.2, 0.25) is 0 Å². The largest absolute Gasteiger partial charge is 0.356 e. The summed E-state index contributed by atoms with van der Waals surface area (Å²) in [6.07, 6.45) is 0.937. The second-order valence-electron chi connectivity index (χ2n) is 5.28. The number of carbonyl (C=O) groups excluding carboxylic acids is 1. The maximum Gasteiger partial charge on any atom is 0.251 e. The van der Waals surface area contributed by atoms with Gasteiger partial charge in [-0.25, -0.2) is 0 Å². The van der Waals surface area contributed by atoms with Gasteiger partial charge in [-0.15, -0.1) is 24.0 Å². The highest BCUT2D eigenvalue weighted by molar-refractivity contribution is 14.0. The normalized spacial score (nSPS) is 10.5. The number of nitrogens with one attached hydrogen (secondary N) is 3. The Bertz CT molecular complexity index is 647. The molecule has 0 radical (unpaired) electrons. The molecule has 25 heavy (non-hydrogen) atoms. The second-order valence-corrected chi connectivity index (χ2v) is 5.28. The molecule has 0 fully saturated rings. The Morgan fingerprint density at radius 3 is 2.04 bits per heavy atom. The molecule has 134 valence electrons. The molecule has 1 amide bonds. The summed E-state index contributed by atoms with van der Waals surface area (Å²) in [5.41, 5.74) is 1.96. The Labute approximate surface area is 166 Å². The van der Waals surface area contributed by atoms with Crippen LogP contribution >= 0.6 is 24.0 Å². The molecule has 2 aromatic carbocycles. The van der Waals surface area contributed by atoms with Gasteiger partial charge in [0.25, 0.3) is 5.91 Å². The van der Waals surface area contributed by atoms with Crippen LogP contribution in [0.3, 0.4) is 0 Å². The lowest BCUT2D eigenvalue weighted by Gasteiger charge is -2.12. The molecule has 0 aliphatic rings. The smallest absolute Gasteiger partial charge is 0.251 e. The van der Waals surface area contributed by atoms with Crippen LogP contribution < -0.4 is 16.0 Å². The fourth-order valence-electron chi connectivity index (χ4n) is 2.24. The van der Waals surface area contributed by atoms with Gasteiger partial charge >= 0.3 is 0 Å². The number of amides is 1. The van der Waals surface area contributed by atoms with E-state index in [0.717, 1.165) is 18.9 Å². The summed E-state index contributed by atoms with van der Waals surface area (Å²) in [4.78, 5) is 16.1. The number of aliphatic imine (C=N–C) groups is 1. The van der Waals surface area contributed by atoms with Crippen molar-refractivity contribution in [3.8, 4) is 0 Å². The van der Waals surface area contributed by atoms with E-state index in [1.54, 1.807) is 19.2 Å². The lowest BCUT2D eigenvalue weighted by molar-refractivity contribution is 0.0954. The van der Waals surface area contributed by atoms with Crippen LogP contribution in [-0.2, 0) is 6.42 Å². The van der Waals surface area contributed by atoms with E-state index in [4.69, 9.17) is 0 Å². The van der Waals surface area contributed by atoms with Crippen molar-refractivity contribution in [3.63, 3.8) is 0 Å². The molecular weight excluding hydrogens is 427 g/mol. The summed E-state index contributed by atoms with van der Waals surface area (Å²) in [5.74, 6) is 0.671. The second kappa shape index (κ2) is 12.3. The first-order chi connectivity index (χ1) is 11.8. The number of nitrogens with zero attached hydrogens (tertiary/aromatic N) is 1. The van der Waals surface area contributed by atoms with Crippen LogP contribution in [0.5, 0.6) is 0 Å². The van der Waals surface area contributed by atoms with Gasteiger partial charge in [0, 0.05) is 32.2 Å². The van der Waals surface area contributed by atoms with Gasteiger partial charge in [-0.05, 0) is 24.1 Å². The fraction of sp³-hybridized carbons (Fsp3) is 0.263. The zero-order valence-electron chi connectivity index (χ0n) is 14.4. The number of guanidine groups is 1. The third-order valence-electron chi connectivity index (χ3n) is 3.51. The number of hydrogen-bond acceptors (Lipinski definition) is 2. The molecular formula is C19H25IN4O. The van der Waals surface area contributed by atoms with Gasteiger partial charge in [0.2, 0.25) is 0 Å². The quantitative estimate of drug-likeness (QED) is 0.262. The Hall–Kier alpha value is -2.09. The molecule has 6 heteroatoms. The maximum absolute atomic E-state index is 11.9. The molecule has 5 nitrogen and oxygen atoms in total. The number of hydrogen-bond donors (Lipinski definition) is 3. The molecule has 0 aliphatic carbocycles. The molecule has 0 spiro atoms. The van der Waals surface area contributed by atoms with E-state index in [1.165, 1.54) is 5.56 Å². The van der Waals surface area contributed by atoms with Crippen molar-refractivity contribution in [2.45, 2.75) is 6.42 Å². The van der Waals surface area contributed by atoms with Gasteiger partial charge in [0.1, 0.15) is 0 Å². The minimum Gasteiger partial charge on any atom is -0.356 e. The van der Waals surface area contributed by atoms with Crippen LogP contribution in [-0.4, -0.2) is 38.5 Å². The van der Waals surface area contributed by atoms with Crippen LogP contribution in [0.4, 0.5) is 0 Å². The molecule has 0 aromatic heterocycles. The van der Waals surface area contributed by atoms with Crippen molar-refractivity contribution < 1.29 is 4.79 Å². The molecule has 2 aromatic rings. The first-order valence-electron chi connectivity index (χ1n) is 8.11. The van der Waals surface area contributed by atoms with E-state index >= 15 is 0 Å². The Morgan fingerprint density at radius 1 is 0.840 bits per heavy atom. The average Bonchev–Trinajstić information content (AvgIpc) is 2.65. The van der Waals surface area contributed by atoms with Crippen molar-refractivity contribution in [1.29, 1.82) is 0 Å². The Kier molecular flexibility index (Phi) is 10.3. The van der Waals surface area contributed by atoms with E-state index in [1.807, 2.05) is 36.4 Å². The first-order valence-corrected chi connectivity index (χ1v) is 8.11. The zero-order valence-corrected chi connectivity index (χ0v) is 16.7. The molecule has 2 rings (SSSR count). The number of halogens is 1. The number of benzene rings is 2. The molecule has 0 bridgehead atoms. The SMILES string of the molecule is CN=C(NCCNC(=O)c1ccccc1)NCCc1ccccc1.I. The minimum atomic E-state index is -0.0653. The number of carbonyl (C=O) groups is 1. The predicted molar refractivity (Wildman–Crippen MR) is 114 cm³/mol. The van der Waals surface area contributed by atoms with Gasteiger partial charge in [0.05, 0.1) is 0 Å². The van der Waals surface area contributed by atoms with Crippen molar-refractivity contribution in [2.24, 2.45) is 4.99 Å². The van der Waals surface area contributed by atoms with E-state index in [9.17, 15) is 4.79 Å². The molecule has 0 heterocycles. The zero-order chi connectivity index (χ0) is 17.0. The van der Waals surface area contributed by atoms with Crippen molar-refractivity contribution in [3.05, 3.63) is 71.8 Å². The highest BCUT2D eigenvalue weighted by Gasteiger charge is 2.03. The van der Waals surface area contributed by atoms with E-state index < -0.39 is 0 Å². The van der Waals surface area contributed by atoms with Crippen LogP contribution in [0.25, 0.3) is 0 Å². The van der Waals surface area contributed by atoms with Gasteiger partial charge in [-0.1, -0.05) is 48.5 Å². The summed E-state index contributed by atoms with van der Waals surface area (Å²) < 4.78 is 0. The molecule has 0 saturated carbocycles. The standard InChI is InChI=1S/C19H24N4O.HI/c1-20-19(22-13-12-16-8-4-2-5-9-16)23-15-14-21-18(24)17-10-6-3-7-11-17;/h2-11H,12-15H2,1H3,(H,21,24)(H2,20,22,23);1H. The third-order valence-corrected chi connectivity index (χ3v) is 3.51. The summed E-state index contributed by atoms with van der Waals surface area (Å²) in [6, 6.07) is 19.5. The lowest BCUT2D eigenvalue weighted by Crippen LogP contribution is -2.42. The molecule has 0 saturated heterocycles. The summed E-state index contributed by atoms with van der Waals surface area (Å²) in [5, 5.41) is 9.33. The molecule has 0 unspecified atom stereocenters. The van der Waals surface area contributed by atoms with Crippen molar-refractivity contribution in [2.75, 3.05) is 26.7 Å². The summed E-state index contributed by atoms with van der Waals surface area (Å²) in [6.45, 7) is 1.96. The Balaban J connectivity index is 0.00000312. The first kappa shape index (κ1) is 21.0. The summed E-state index contributed by atoms with van der Waals surface area (Å²) >= 11 is 0. The minimum absolute atomic E-state index is 0. The van der Waals surface area contributed by atoms with E-state index in [0.29, 0.717) is 18.7 Å². The molecule has 0 atom stereocenters.